The summed E-state index contributed by atoms with van der Waals surface area (Å²) in [6, 6.07) is 11.3. The maximum absolute atomic E-state index is 13.7. The van der Waals surface area contributed by atoms with E-state index < -0.39 is 5.82 Å². The highest BCUT2D eigenvalue weighted by Crippen LogP contribution is 2.28. The molecule has 0 atom stereocenters. The number of anilines is 2. The molecule has 0 aliphatic heterocycles. The molecule has 0 saturated heterocycles. The van der Waals surface area contributed by atoms with Crippen LogP contribution >= 0.6 is 23.2 Å². The Balaban J connectivity index is 2.41. The van der Waals surface area contributed by atoms with Gasteiger partial charge < -0.3 is 5.32 Å². The first-order chi connectivity index (χ1) is 8.61. The molecule has 2 nitrogen and oxygen atoms in total. The first kappa shape index (κ1) is 12.7. The Bertz CT molecular complexity index is 635. The fraction of sp³-hybridized carbons (Fsp3) is 0. The standard InChI is InChI=1S/C13H7Cl2FN2/c14-9-4-5-11(8(6-9)7-17)18-12-3-1-2-10(15)13(12)16/h1-6,18H. The highest BCUT2D eigenvalue weighted by Gasteiger charge is 2.09. The van der Waals surface area contributed by atoms with Gasteiger partial charge in [0.2, 0.25) is 0 Å². The monoisotopic (exact) mass is 280 g/mol. The van der Waals surface area contributed by atoms with Gasteiger partial charge in [-0.05, 0) is 30.3 Å². The summed E-state index contributed by atoms with van der Waals surface area (Å²) in [6.45, 7) is 0. The molecule has 0 saturated carbocycles. The summed E-state index contributed by atoms with van der Waals surface area (Å²) < 4.78 is 13.7. The number of halogens is 3. The van der Waals surface area contributed by atoms with E-state index in [1.165, 1.54) is 18.2 Å². The third kappa shape index (κ3) is 2.56. The molecular formula is C13H7Cl2FN2. The lowest BCUT2D eigenvalue weighted by Crippen LogP contribution is -1.96. The quantitative estimate of drug-likeness (QED) is 0.862. The van der Waals surface area contributed by atoms with E-state index in [1.54, 1.807) is 18.2 Å². The smallest absolute Gasteiger partial charge is 0.165 e. The van der Waals surface area contributed by atoms with Crippen LogP contribution in [-0.4, -0.2) is 0 Å². The first-order valence-electron chi connectivity index (χ1n) is 5.02. The molecule has 0 amide bonds. The zero-order valence-electron chi connectivity index (χ0n) is 9.05. The SMILES string of the molecule is N#Cc1cc(Cl)ccc1Nc1cccc(Cl)c1F. The van der Waals surface area contributed by atoms with E-state index in [4.69, 9.17) is 28.5 Å². The van der Waals surface area contributed by atoms with Gasteiger partial charge in [-0.1, -0.05) is 29.3 Å². The van der Waals surface area contributed by atoms with Crippen molar-refractivity contribution >= 4 is 34.6 Å². The van der Waals surface area contributed by atoms with Crippen LogP contribution in [0.25, 0.3) is 0 Å². The average Bonchev–Trinajstić information content (AvgIpc) is 2.37. The van der Waals surface area contributed by atoms with Crippen molar-refractivity contribution in [3.63, 3.8) is 0 Å². The average molecular weight is 281 g/mol. The van der Waals surface area contributed by atoms with Crippen molar-refractivity contribution in [2.75, 3.05) is 5.32 Å². The molecule has 0 aliphatic rings. The zero-order valence-corrected chi connectivity index (χ0v) is 10.6. The zero-order chi connectivity index (χ0) is 13.1. The fourth-order valence-corrected chi connectivity index (χ4v) is 1.81. The Kier molecular flexibility index (Phi) is 3.71. The lowest BCUT2D eigenvalue weighted by Gasteiger charge is -2.10. The van der Waals surface area contributed by atoms with Gasteiger partial charge in [-0.3, -0.25) is 0 Å². The molecule has 2 aromatic rings. The van der Waals surface area contributed by atoms with Gasteiger partial charge in [0, 0.05) is 5.02 Å². The van der Waals surface area contributed by atoms with Crippen LogP contribution in [0.5, 0.6) is 0 Å². The summed E-state index contributed by atoms with van der Waals surface area (Å²) in [5.74, 6) is -0.557. The second-order valence-electron chi connectivity index (χ2n) is 3.53. The van der Waals surface area contributed by atoms with Gasteiger partial charge in [-0.25, -0.2) is 4.39 Å². The topological polar surface area (TPSA) is 35.8 Å². The van der Waals surface area contributed by atoms with E-state index in [0.717, 1.165) is 0 Å². The summed E-state index contributed by atoms with van der Waals surface area (Å²) in [5.41, 5.74) is 1.02. The van der Waals surface area contributed by atoms with Crippen LogP contribution in [0.4, 0.5) is 15.8 Å². The highest BCUT2D eigenvalue weighted by molar-refractivity contribution is 6.31. The third-order valence-electron chi connectivity index (χ3n) is 2.32. The van der Waals surface area contributed by atoms with E-state index in [-0.39, 0.29) is 10.7 Å². The largest absolute Gasteiger partial charge is 0.352 e. The van der Waals surface area contributed by atoms with Crippen molar-refractivity contribution in [1.82, 2.24) is 0 Å². The normalized spacial score (nSPS) is 9.89. The van der Waals surface area contributed by atoms with Crippen LogP contribution in [-0.2, 0) is 0 Å². The van der Waals surface area contributed by atoms with Crippen LogP contribution in [0.1, 0.15) is 5.56 Å². The van der Waals surface area contributed by atoms with Crippen molar-refractivity contribution in [2.45, 2.75) is 0 Å². The van der Waals surface area contributed by atoms with Crippen molar-refractivity contribution in [2.24, 2.45) is 0 Å². The summed E-state index contributed by atoms with van der Waals surface area (Å²) >= 11 is 11.5. The number of nitrogens with zero attached hydrogens (tertiary/aromatic N) is 1. The second-order valence-corrected chi connectivity index (χ2v) is 4.37. The molecule has 0 spiro atoms. The number of benzene rings is 2. The Morgan fingerprint density at radius 2 is 1.89 bits per heavy atom. The van der Waals surface area contributed by atoms with E-state index in [9.17, 15) is 4.39 Å². The Morgan fingerprint density at radius 3 is 2.61 bits per heavy atom. The van der Waals surface area contributed by atoms with Crippen LogP contribution in [0.2, 0.25) is 10.0 Å². The molecule has 1 N–H and O–H groups in total. The molecule has 0 unspecified atom stereocenters. The Labute approximate surface area is 114 Å². The van der Waals surface area contributed by atoms with Crippen molar-refractivity contribution in [3.05, 3.63) is 57.8 Å². The maximum atomic E-state index is 13.7. The maximum Gasteiger partial charge on any atom is 0.165 e. The molecule has 2 aromatic carbocycles. The van der Waals surface area contributed by atoms with E-state index >= 15 is 0 Å². The third-order valence-corrected chi connectivity index (χ3v) is 2.85. The van der Waals surface area contributed by atoms with Crippen molar-refractivity contribution in [1.29, 1.82) is 5.26 Å². The molecule has 0 aromatic heterocycles. The number of hydrogen-bond acceptors (Lipinski definition) is 2. The predicted molar refractivity (Wildman–Crippen MR) is 70.9 cm³/mol. The molecule has 0 fully saturated rings. The predicted octanol–water partition coefficient (Wildman–Crippen LogP) is 4.75. The van der Waals surface area contributed by atoms with Gasteiger partial charge in [0.05, 0.1) is 22.0 Å². The number of rotatable bonds is 2. The molecule has 0 aliphatic carbocycles. The van der Waals surface area contributed by atoms with Crippen LogP contribution in [0.15, 0.2) is 36.4 Å². The van der Waals surface area contributed by atoms with Crippen LogP contribution in [0.3, 0.4) is 0 Å². The number of hydrogen-bond donors (Lipinski definition) is 1. The lowest BCUT2D eigenvalue weighted by atomic mass is 10.2. The minimum Gasteiger partial charge on any atom is -0.352 e. The summed E-state index contributed by atoms with van der Waals surface area (Å²) in [7, 11) is 0. The van der Waals surface area contributed by atoms with Gasteiger partial charge in [0.1, 0.15) is 6.07 Å². The summed E-state index contributed by atoms with van der Waals surface area (Å²) in [5, 5.41) is 12.3. The molecule has 90 valence electrons. The molecule has 0 bridgehead atoms. The van der Waals surface area contributed by atoms with Crippen LogP contribution < -0.4 is 5.32 Å². The number of nitrogens with one attached hydrogen (secondary N) is 1. The summed E-state index contributed by atoms with van der Waals surface area (Å²) in [6.07, 6.45) is 0. The highest BCUT2D eigenvalue weighted by atomic mass is 35.5. The minimum atomic E-state index is -0.557. The summed E-state index contributed by atoms with van der Waals surface area (Å²) in [4.78, 5) is 0. The van der Waals surface area contributed by atoms with E-state index in [0.29, 0.717) is 16.3 Å². The number of nitriles is 1. The van der Waals surface area contributed by atoms with Gasteiger partial charge in [0.15, 0.2) is 5.82 Å². The molecule has 0 radical (unpaired) electrons. The van der Waals surface area contributed by atoms with Gasteiger partial charge in [0.25, 0.3) is 0 Å². The van der Waals surface area contributed by atoms with Gasteiger partial charge in [-0.2, -0.15) is 5.26 Å². The molecular weight excluding hydrogens is 274 g/mol. The second kappa shape index (κ2) is 5.26. The first-order valence-corrected chi connectivity index (χ1v) is 5.78. The molecule has 2 rings (SSSR count). The molecule has 18 heavy (non-hydrogen) atoms. The minimum absolute atomic E-state index is 0.0208. The van der Waals surface area contributed by atoms with Crippen LogP contribution in [0, 0.1) is 17.1 Å². The molecule has 0 heterocycles. The fourth-order valence-electron chi connectivity index (χ4n) is 1.46. The van der Waals surface area contributed by atoms with Gasteiger partial charge in [-0.15, -0.1) is 0 Å². The lowest BCUT2D eigenvalue weighted by molar-refractivity contribution is 0.632. The Hall–Kier alpha value is -1.76. The van der Waals surface area contributed by atoms with E-state index in [2.05, 4.69) is 5.32 Å². The van der Waals surface area contributed by atoms with Crippen molar-refractivity contribution in [3.8, 4) is 6.07 Å². The van der Waals surface area contributed by atoms with Crippen molar-refractivity contribution < 1.29 is 4.39 Å². The van der Waals surface area contributed by atoms with Gasteiger partial charge >= 0.3 is 0 Å². The Morgan fingerprint density at radius 1 is 1.11 bits per heavy atom. The van der Waals surface area contributed by atoms with E-state index in [1.807, 2.05) is 6.07 Å². The molecule has 5 heteroatoms.